The van der Waals surface area contributed by atoms with E-state index in [0.29, 0.717) is 5.95 Å². The van der Waals surface area contributed by atoms with E-state index < -0.39 is 0 Å². The van der Waals surface area contributed by atoms with Crippen molar-refractivity contribution in [2.24, 2.45) is 0 Å². The predicted molar refractivity (Wildman–Crippen MR) is 91.5 cm³/mol. The number of hydrogen-bond donors (Lipinski definition) is 2. The largest absolute Gasteiger partial charge is 0.365 e. The number of fused-ring (bicyclic) bond motifs is 1. The molecule has 0 saturated heterocycles. The molecule has 0 aliphatic heterocycles. The highest BCUT2D eigenvalue weighted by atomic mass is 15.1. The molecular weight excluding hydrogens is 290 g/mol. The van der Waals surface area contributed by atoms with Crippen molar-refractivity contribution in [1.82, 2.24) is 24.3 Å². The van der Waals surface area contributed by atoms with E-state index in [2.05, 4.69) is 58.3 Å². The van der Waals surface area contributed by atoms with Crippen molar-refractivity contribution in [1.29, 1.82) is 0 Å². The minimum Gasteiger partial charge on any atom is -0.365 e. The van der Waals surface area contributed by atoms with Gasteiger partial charge in [-0.05, 0) is 33.8 Å². The lowest BCUT2D eigenvalue weighted by Gasteiger charge is -2.11. The van der Waals surface area contributed by atoms with Crippen molar-refractivity contribution in [3.05, 3.63) is 30.9 Å². The molecule has 0 aliphatic carbocycles. The average Bonchev–Trinajstić information content (AvgIpc) is 2.91. The van der Waals surface area contributed by atoms with Gasteiger partial charge in [-0.15, -0.1) is 0 Å². The number of anilines is 2. The van der Waals surface area contributed by atoms with Crippen LogP contribution in [0.15, 0.2) is 30.9 Å². The Kier molecular flexibility index (Phi) is 4.10. The highest BCUT2D eigenvalue weighted by Crippen LogP contribution is 2.22. The van der Waals surface area contributed by atoms with Crippen molar-refractivity contribution < 1.29 is 0 Å². The zero-order valence-corrected chi connectivity index (χ0v) is 13.8. The fourth-order valence-electron chi connectivity index (χ4n) is 2.31. The van der Waals surface area contributed by atoms with Gasteiger partial charge >= 0.3 is 0 Å². The molecule has 3 aromatic heterocycles. The second kappa shape index (κ2) is 6.20. The van der Waals surface area contributed by atoms with Gasteiger partial charge in [0.1, 0.15) is 0 Å². The Hall–Kier alpha value is -2.70. The Bertz CT molecular complexity index is 807. The lowest BCUT2D eigenvalue weighted by molar-refractivity contribution is 0.874. The summed E-state index contributed by atoms with van der Waals surface area (Å²) in [7, 11) is 0. The van der Waals surface area contributed by atoms with Gasteiger partial charge in [-0.3, -0.25) is 4.40 Å². The van der Waals surface area contributed by atoms with Crippen LogP contribution in [0.25, 0.3) is 17.0 Å². The topological polar surface area (TPSA) is 80.0 Å². The lowest BCUT2D eigenvalue weighted by atomic mass is 10.3. The molecule has 0 saturated carbocycles. The molecule has 0 aliphatic rings. The van der Waals surface area contributed by atoms with Crippen LogP contribution in [0.5, 0.6) is 0 Å². The average molecular weight is 311 g/mol. The molecule has 3 aromatic rings. The molecule has 23 heavy (non-hydrogen) atoms. The Balaban J connectivity index is 2.04. The van der Waals surface area contributed by atoms with Crippen LogP contribution in [0.2, 0.25) is 0 Å². The van der Waals surface area contributed by atoms with Crippen molar-refractivity contribution >= 4 is 17.4 Å². The Morgan fingerprint density at radius 1 is 0.957 bits per heavy atom. The highest BCUT2D eigenvalue weighted by molar-refractivity contribution is 5.69. The summed E-state index contributed by atoms with van der Waals surface area (Å²) in [5.41, 5.74) is 2.51. The normalized spacial score (nSPS) is 11.4. The zero-order chi connectivity index (χ0) is 16.4. The smallest absolute Gasteiger partial charge is 0.223 e. The number of aromatic nitrogens is 5. The molecule has 0 amide bonds. The van der Waals surface area contributed by atoms with Gasteiger partial charge in [0, 0.05) is 30.7 Å². The minimum atomic E-state index is 0.276. The van der Waals surface area contributed by atoms with Gasteiger partial charge in [0.15, 0.2) is 11.5 Å². The SMILES string of the molecule is CC(C)Nc1nccc(-c2cnc3c(NC(C)C)nccn23)n1. The first-order chi connectivity index (χ1) is 11.0. The Morgan fingerprint density at radius 2 is 1.74 bits per heavy atom. The third-order valence-electron chi connectivity index (χ3n) is 3.19. The molecule has 0 unspecified atom stereocenters. The Morgan fingerprint density at radius 3 is 2.48 bits per heavy atom. The van der Waals surface area contributed by atoms with Crippen LogP contribution in [0.1, 0.15) is 27.7 Å². The maximum atomic E-state index is 4.57. The van der Waals surface area contributed by atoms with Gasteiger partial charge in [-0.1, -0.05) is 0 Å². The maximum absolute atomic E-state index is 4.57. The molecule has 120 valence electrons. The van der Waals surface area contributed by atoms with Crippen LogP contribution in [0.3, 0.4) is 0 Å². The van der Waals surface area contributed by atoms with Gasteiger partial charge in [-0.25, -0.2) is 19.9 Å². The summed E-state index contributed by atoms with van der Waals surface area (Å²) in [5, 5.41) is 6.53. The van der Waals surface area contributed by atoms with Crippen LogP contribution in [0, 0.1) is 0 Å². The number of imidazole rings is 1. The molecule has 0 fully saturated rings. The second-order valence-electron chi connectivity index (χ2n) is 5.98. The van der Waals surface area contributed by atoms with E-state index in [9.17, 15) is 0 Å². The third kappa shape index (κ3) is 3.23. The van der Waals surface area contributed by atoms with Crippen LogP contribution < -0.4 is 10.6 Å². The molecule has 0 bridgehead atoms. The quantitative estimate of drug-likeness (QED) is 0.754. The summed E-state index contributed by atoms with van der Waals surface area (Å²) in [6, 6.07) is 2.44. The molecule has 3 rings (SSSR count). The van der Waals surface area contributed by atoms with Crippen molar-refractivity contribution in [3.8, 4) is 11.4 Å². The minimum absolute atomic E-state index is 0.276. The van der Waals surface area contributed by atoms with E-state index >= 15 is 0 Å². The Labute approximate surface area is 135 Å². The van der Waals surface area contributed by atoms with Gasteiger partial charge in [-0.2, -0.15) is 0 Å². The molecule has 2 N–H and O–H groups in total. The van der Waals surface area contributed by atoms with Crippen molar-refractivity contribution in [2.75, 3.05) is 10.6 Å². The molecular formula is C16H21N7. The summed E-state index contributed by atoms with van der Waals surface area (Å²) in [6.07, 6.45) is 7.21. The summed E-state index contributed by atoms with van der Waals surface area (Å²) in [6.45, 7) is 8.26. The lowest BCUT2D eigenvalue weighted by Crippen LogP contribution is -2.13. The zero-order valence-electron chi connectivity index (χ0n) is 13.8. The first-order valence-electron chi connectivity index (χ1n) is 7.73. The molecule has 0 radical (unpaired) electrons. The fourth-order valence-corrected chi connectivity index (χ4v) is 2.31. The van der Waals surface area contributed by atoms with Crippen LogP contribution in [0.4, 0.5) is 11.8 Å². The van der Waals surface area contributed by atoms with E-state index in [4.69, 9.17) is 0 Å². The van der Waals surface area contributed by atoms with E-state index in [-0.39, 0.29) is 12.1 Å². The van der Waals surface area contributed by atoms with E-state index in [1.165, 1.54) is 0 Å². The van der Waals surface area contributed by atoms with E-state index in [0.717, 1.165) is 22.9 Å². The summed E-state index contributed by atoms with van der Waals surface area (Å²) in [4.78, 5) is 17.7. The molecule has 7 heteroatoms. The third-order valence-corrected chi connectivity index (χ3v) is 3.19. The standard InChI is InChI=1S/C16H21N7/c1-10(2)20-14-15-19-9-13(23(15)8-7-17-14)12-5-6-18-16(22-12)21-11(3)4/h5-11H,1-4H3,(H,17,20)(H,18,21,22). The van der Waals surface area contributed by atoms with Gasteiger partial charge in [0.2, 0.25) is 5.95 Å². The number of nitrogens with zero attached hydrogens (tertiary/aromatic N) is 5. The maximum Gasteiger partial charge on any atom is 0.223 e. The molecule has 7 nitrogen and oxygen atoms in total. The number of hydrogen-bond acceptors (Lipinski definition) is 6. The first kappa shape index (κ1) is 15.2. The van der Waals surface area contributed by atoms with Gasteiger partial charge in [0.25, 0.3) is 0 Å². The van der Waals surface area contributed by atoms with Crippen LogP contribution in [-0.4, -0.2) is 36.4 Å². The van der Waals surface area contributed by atoms with Gasteiger partial charge in [0.05, 0.1) is 17.6 Å². The predicted octanol–water partition coefficient (Wildman–Crippen LogP) is 2.83. The highest BCUT2D eigenvalue weighted by Gasteiger charge is 2.12. The number of rotatable bonds is 5. The number of nitrogens with one attached hydrogen (secondary N) is 2. The van der Waals surface area contributed by atoms with E-state index in [1.807, 2.05) is 22.9 Å². The van der Waals surface area contributed by atoms with Crippen LogP contribution >= 0.6 is 0 Å². The van der Waals surface area contributed by atoms with Crippen molar-refractivity contribution in [2.45, 2.75) is 39.8 Å². The molecule has 0 atom stereocenters. The van der Waals surface area contributed by atoms with Gasteiger partial charge < -0.3 is 10.6 Å². The monoisotopic (exact) mass is 311 g/mol. The van der Waals surface area contributed by atoms with Crippen LogP contribution in [-0.2, 0) is 0 Å². The summed E-state index contributed by atoms with van der Waals surface area (Å²) >= 11 is 0. The summed E-state index contributed by atoms with van der Waals surface area (Å²) in [5.74, 6) is 1.38. The van der Waals surface area contributed by atoms with E-state index in [1.54, 1.807) is 12.4 Å². The first-order valence-corrected chi connectivity index (χ1v) is 7.73. The molecule has 0 spiro atoms. The van der Waals surface area contributed by atoms with Crippen molar-refractivity contribution in [3.63, 3.8) is 0 Å². The summed E-state index contributed by atoms with van der Waals surface area (Å²) < 4.78 is 1.99. The second-order valence-corrected chi connectivity index (χ2v) is 5.98. The molecule has 3 heterocycles. The fraction of sp³-hybridized carbons (Fsp3) is 0.375. The molecule has 0 aromatic carbocycles.